The molecule has 3 rings (SSSR count). The van der Waals surface area contributed by atoms with Crippen LogP contribution >= 0.6 is 0 Å². The zero-order chi connectivity index (χ0) is 13.8. The number of hydrogen-bond donors (Lipinski definition) is 0. The first-order valence-corrected chi connectivity index (χ1v) is 7.73. The van der Waals surface area contributed by atoms with Crippen molar-refractivity contribution >= 4 is 0 Å². The number of rotatable bonds is 4. The van der Waals surface area contributed by atoms with Crippen molar-refractivity contribution in [1.82, 2.24) is 4.90 Å². The minimum absolute atomic E-state index is 0.606. The van der Waals surface area contributed by atoms with E-state index < -0.39 is 0 Å². The summed E-state index contributed by atoms with van der Waals surface area (Å²) in [5, 5.41) is 0. The molecule has 0 aliphatic carbocycles. The molecule has 0 spiro atoms. The van der Waals surface area contributed by atoms with E-state index in [0.29, 0.717) is 12.1 Å². The largest absolute Gasteiger partial charge is 0.293 e. The van der Waals surface area contributed by atoms with Crippen LogP contribution in [-0.4, -0.2) is 17.5 Å². The maximum atomic E-state index is 2.68. The summed E-state index contributed by atoms with van der Waals surface area (Å²) >= 11 is 0. The molecule has 2 unspecified atom stereocenters. The number of likely N-dealkylation sites (N-methyl/N-ethyl adjacent to an activating group) is 1. The molecule has 1 aliphatic rings. The number of hydrogen-bond acceptors (Lipinski definition) is 1. The van der Waals surface area contributed by atoms with Crippen LogP contribution in [0.5, 0.6) is 0 Å². The monoisotopic (exact) mass is 265 g/mol. The van der Waals surface area contributed by atoms with E-state index in [2.05, 4.69) is 72.5 Å². The van der Waals surface area contributed by atoms with Crippen molar-refractivity contribution in [2.45, 2.75) is 38.3 Å². The first kappa shape index (κ1) is 13.4. The summed E-state index contributed by atoms with van der Waals surface area (Å²) in [4.78, 5) is 2.68. The van der Waals surface area contributed by atoms with Gasteiger partial charge >= 0.3 is 0 Å². The molecule has 2 aromatic rings. The van der Waals surface area contributed by atoms with Crippen LogP contribution < -0.4 is 0 Å². The smallest absolute Gasteiger partial charge is 0.0351 e. The van der Waals surface area contributed by atoms with Gasteiger partial charge in [-0.1, -0.05) is 67.6 Å². The predicted octanol–water partition coefficient (Wildman–Crippen LogP) is 4.45. The lowest BCUT2D eigenvalue weighted by molar-refractivity contribution is 0.203. The summed E-state index contributed by atoms with van der Waals surface area (Å²) < 4.78 is 0. The summed E-state index contributed by atoms with van der Waals surface area (Å²) in [6.07, 6.45) is 3.77. The second-order valence-electron chi connectivity index (χ2n) is 5.68. The Morgan fingerprint density at radius 2 is 1.55 bits per heavy atom. The lowest BCUT2D eigenvalue weighted by atomic mass is 10.0. The Balaban J connectivity index is 1.75. The maximum Gasteiger partial charge on any atom is 0.0351 e. The summed E-state index contributed by atoms with van der Waals surface area (Å²) in [6, 6.07) is 23.2. The Labute approximate surface area is 122 Å². The third-order valence-corrected chi connectivity index (χ3v) is 4.51. The molecule has 0 amide bonds. The Bertz CT molecular complexity index is 520. The van der Waals surface area contributed by atoms with Crippen molar-refractivity contribution in [2.75, 3.05) is 6.54 Å². The van der Waals surface area contributed by atoms with Gasteiger partial charge in [0.1, 0.15) is 0 Å². The zero-order valence-corrected chi connectivity index (χ0v) is 12.2. The number of benzene rings is 2. The molecule has 1 fully saturated rings. The molecule has 104 valence electrons. The van der Waals surface area contributed by atoms with Crippen LogP contribution in [0.15, 0.2) is 60.7 Å². The quantitative estimate of drug-likeness (QED) is 0.789. The van der Waals surface area contributed by atoms with Crippen LogP contribution in [0.3, 0.4) is 0 Å². The van der Waals surface area contributed by atoms with Gasteiger partial charge in [-0.15, -0.1) is 0 Å². The standard InChI is InChI=1S/C19H23N/c1-2-20-18(15-16-9-5-3-6-10-16)13-14-19(20)17-11-7-4-8-12-17/h3-12,18-19H,2,13-15H2,1H3. The van der Waals surface area contributed by atoms with Gasteiger partial charge in [0.25, 0.3) is 0 Å². The molecule has 1 nitrogen and oxygen atoms in total. The van der Waals surface area contributed by atoms with Crippen molar-refractivity contribution in [3.8, 4) is 0 Å². The van der Waals surface area contributed by atoms with Gasteiger partial charge < -0.3 is 0 Å². The van der Waals surface area contributed by atoms with Gasteiger partial charge in [0.05, 0.1) is 0 Å². The highest BCUT2D eigenvalue weighted by molar-refractivity contribution is 5.22. The van der Waals surface area contributed by atoms with Gasteiger partial charge in [-0.3, -0.25) is 4.90 Å². The summed E-state index contributed by atoms with van der Waals surface area (Å²) in [7, 11) is 0. The first-order valence-electron chi connectivity index (χ1n) is 7.73. The SMILES string of the molecule is CCN1C(Cc2ccccc2)CCC1c1ccccc1. The fraction of sp³-hybridized carbons (Fsp3) is 0.368. The zero-order valence-electron chi connectivity index (χ0n) is 12.2. The highest BCUT2D eigenvalue weighted by atomic mass is 15.2. The Hall–Kier alpha value is -1.60. The Morgan fingerprint density at radius 1 is 0.900 bits per heavy atom. The first-order chi connectivity index (χ1) is 9.88. The molecule has 1 saturated heterocycles. The fourth-order valence-corrected chi connectivity index (χ4v) is 3.55. The highest BCUT2D eigenvalue weighted by Gasteiger charge is 2.32. The molecular formula is C19H23N. The van der Waals surface area contributed by atoms with E-state index in [1.807, 2.05) is 0 Å². The minimum Gasteiger partial charge on any atom is -0.293 e. The van der Waals surface area contributed by atoms with E-state index in [4.69, 9.17) is 0 Å². The Kier molecular flexibility index (Phi) is 4.17. The molecule has 0 saturated carbocycles. The molecule has 2 atom stereocenters. The molecule has 2 aromatic carbocycles. The van der Waals surface area contributed by atoms with E-state index in [0.717, 1.165) is 6.54 Å². The molecule has 1 heteroatoms. The van der Waals surface area contributed by atoms with Crippen LogP contribution in [0.4, 0.5) is 0 Å². The van der Waals surface area contributed by atoms with E-state index in [1.54, 1.807) is 0 Å². The topological polar surface area (TPSA) is 3.24 Å². The van der Waals surface area contributed by atoms with Crippen LogP contribution in [0.2, 0.25) is 0 Å². The fourth-order valence-electron chi connectivity index (χ4n) is 3.55. The lowest BCUT2D eigenvalue weighted by Gasteiger charge is -2.29. The molecule has 0 bridgehead atoms. The maximum absolute atomic E-state index is 2.68. The lowest BCUT2D eigenvalue weighted by Crippen LogP contribution is -2.32. The van der Waals surface area contributed by atoms with E-state index in [9.17, 15) is 0 Å². The summed E-state index contributed by atoms with van der Waals surface area (Å²) in [5.74, 6) is 0. The minimum atomic E-state index is 0.606. The normalized spacial score (nSPS) is 23.1. The average molecular weight is 265 g/mol. The average Bonchev–Trinajstić information content (AvgIpc) is 2.92. The van der Waals surface area contributed by atoms with Crippen LogP contribution in [-0.2, 0) is 6.42 Å². The van der Waals surface area contributed by atoms with E-state index in [-0.39, 0.29) is 0 Å². The van der Waals surface area contributed by atoms with Crippen molar-refractivity contribution in [1.29, 1.82) is 0 Å². The summed E-state index contributed by atoms with van der Waals surface area (Å²) in [5.41, 5.74) is 2.94. The van der Waals surface area contributed by atoms with Gasteiger partial charge in [0.2, 0.25) is 0 Å². The number of likely N-dealkylation sites (tertiary alicyclic amines) is 1. The number of nitrogens with zero attached hydrogens (tertiary/aromatic N) is 1. The van der Waals surface area contributed by atoms with Crippen LogP contribution in [0.25, 0.3) is 0 Å². The third kappa shape index (κ3) is 2.78. The van der Waals surface area contributed by atoms with Gasteiger partial charge in [-0.05, 0) is 36.9 Å². The molecule has 1 aliphatic heterocycles. The predicted molar refractivity (Wildman–Crippen MR) is 84.7 cm³/mol. The van der Waals surface area contributed by atoms with Crippen molar-refractivity contribution in [3.05, 3.63) is 71.8 Å². The molecule has 0 radical (unpaired) electrons. The van der Waals surface area contributed by atoms with Gasteiger partial charge in [0.15, 0.2) is 0 Å². The summed E-state index contributed by atoms with van der Waals surface area (Å²) in [6.45, 7) is 3.43. The van der Waals surface area contributed by atoms with Crippen molar-refractivity contribution < 1.29 is 0 Å². The van der Waals surface area contributed by atoms with Gasteiger partial charge in [-0.2, -0.15) is 0 Å². The van der Waals surface area contributed by atoms with Crippen LogP contribution in [0.1, 0.15) is 36.9 Å². The molecule has 20 heavy (non-hydrogen) atoms. The highest BCUT2D eigenvalue weighted by Crippen LogP contribution is 2.36. The van der Waals surface area contributed by atoms with Crippen LogP contribution in [0, 0.1) is 0 Å². The Morgan fingerprint density at radius 3 is 2.20 bits per heavy atom. The van der Waals surface area contributed by atoms with Crippen molar-refractivity contribution in [2.24, 2.45) is 0 Å². The third-order valence-electron chi connectivity index (χ3n) is 4.51. The van der Waals surface area contributed by atoms with Gasteiger partial charge in [-0.25, -0.2) is 0 Å². The second kappa shape index (κ2) is 6.23. The van der Waals surface area contributed by atoms with E-state index >= 15 is 0 Å². The molecule has 0 aromatic heterocycles. The molecule has 0 N–H and O–H groups in total. The van der Waals surface area contributed by atoms with E-state index in [1.165, 1.54) is 30.4 Å². The molecular weight excluding hydrogens is 242 g/mol. The second-order valence-corrected chi connectivity index (χ2v) is 5.68. The molecule has 1 heterocycles. The van der Waals surface area contributed by atoms with Crippen molar-refractivity contribution in [3.63, 3.8) is 0 Å². The van der Waals surface area contributed by atoms with Gasteiger partial charge in [0, 0.05) is 12.1 Å².